The van der Waals surface area contributed by atoms with E-state index in [1.807, 2.05) is 6.07 Å². The van der Waals surface area contributed by atoms with Crippen molar-refractivity contribution in [3.05, 3.63) is 34.3 Å². The van der Waals surface area contributed by atoms with Crippen molar-refractivity contribution < 1.29 is 9.47 Å². The standard InChI is InChI=1S/C14H14N2O2S/c15-14-16-10-3-1-9(6-13(10)19-14)8-2-4-11-12(5-8)18-7-17-11/h2,4-5,9H,1,3,6-7H2,(H2,15,16). The quantitative estimate of drug-likeness (QED) is 0.868. The van der Waals surface area contributed by atoms with Gasteiger partial charge in [-0.3, -0.25) is 0 Å². The first-order valence-electron chi connectivity index (χ1n) is 6.43. The minimum atomic E-state index is 0.332. The lowest BCUT2D eigenvalue weighted by Crippen LogP contribution is -2.11. The Balaban J connectivity index is 1.64. The Hall–Kier alpha value is -1.75. The predicted molar refractivity (Wildman–Crippen MR) is 73.9 cm³/mol. The van der Waals surface area contributed by atoms with Gasteiger partial charge in [-0.15, -0.1) is 11.3 Å². The third-order valence-electron chi connectivity index (χ3n) is 3.82. The number of nitrogens with zero attached hydrogens (tertiary/aromatic N) is 1. The first kappa shape index (κ1) is 11.1. The number of hydrogen-bond donors (Lipinski definition) is 1. The number of anilines is 1. The van der Waals surface area contributed by atoms with Gasteiger partial charge in [0.05, 0.1) is 5.69 Å². The normalized spacial score (nSPS) is 20.3. The van der Waals surface area contributed by atoms with Gasteiger partial charge in [0.15, 0.2) is 16.6 Å². The molecule has 0 fully saturated rings. The van der Waals surface area contributed by atoms with Crippen LogP contribution in [0, 0.1) is 0 Å². The predicted octanol–water partition coefficient (Wildman–Crippen LogP) is 2.73. The molecule has 2 aromatic rings. The van der Waals surface area contributed by atoms with E-state index in [1.54, 1.807) is 11.3 Å². The summed E-state index contributed by atoms with van der Waals surface area (Å²) in [6.45, 7) is 0.332. The maximum absolute atomic E-state index is 5.79. The number of thiazole rings is 1. The topological polar surface area (TPSA) is 57.4 Å². The van der Waals surface area contributed by atoms with E-state index in [1.165, 1.54) is 16.1 Å². The number of rotatable bonds is 1. The van der Waals surface area contributed by atoms with Gasteiger partial charge in [0.1, 0.15) is 0 Å². The summed E-state index contributed by atoms with van der Waals surface area (Å²) in [4.78, 5) is 5.73. The summed E-state index contributed by atoms with van der Waals surface area (Å²) < 4.78 is 10.8. The number of hydrogen-bond acceptors (Lipinski definition) is 5. The monoisotopic (exact) mass is 274 g/mol. The molecule has 0 bridgehead atoms. The van der Waals surface area contributed by atoms with Gasteiger partial charge >= 0.3 is 0 Å². The van der Waals surface area contributed by atoms with Crippen LogP contribution in [0.15, 0.2) is 18.2 Å². The Morgan fingerprint density at radius 2 is 2.16 bits per heavy atom. The highest BCUT2D eigenvalue weighted by Gasteiger charge is 2.25. The van der Waals surface area contributed by atoms with Gasteiger partial charge in [0.2, 0.25) is 6.79 Å². The molecule has 1 aliphatic carbocycles. The van der Waals surface area contributed by atoms with Gasteiger partial charge in [0, 0.05) is 4.88 Å². The maximum atomic E-state index is 5.79. The number of benzene rings is 1. The van der Waals surface area contributed by atoms with E-state index < -0.39 is 0 Å². The first-order chi connectivity index (χ1) is 9.29. The molecule has 1 aromatic heterocycles. The Kier molecular flexibility index (Phi) is 2.41. The Labute approximate surface area is 115 Å². The van der Waals surface area contributed by atoms with E-state index in [4.69, 9.17) is 15.2 Å². The number of nitrogen functional groups attached to an aromatic ring is 1. The second-order valence-corrected chi connectivity index (χ2v) is 6.09. The van der Waals surface area contributed by atoms with E-state index in [0.717, 1.165) is 30.8 Å². The zero-order valence-corrected chi connectivity index (χ0v) is 11.2. The third-order valence-corrected chi connectivity index (χ3v) is 4.77. The fourth-order valence-corrected chi connectivity index (χ4v) is 3.80. The summed E-state index contributed by atoms with van der Waals surface area (Å²) in [6, 6.07) is 6.27. The minimum Gasteiger partial charge on any atom is -0.454 e. The number of aromatic nitrogens is 1. The molecule has 1 aliphatic heterocycles. The van der Waals surface area contributed by atoms with Crippen LogP contribution in [0.4, 0.5) is 5.13 Å². The number of fused-ring (bicyclic) bond motifs is 2. The lowest BCUT2D eigenvalue weighted by atomic mass is 9.85. The van der Waals surface area contributed by atoms with Gasteiger partial charge < -0.3 is 15.2 Å². The molecule has 98 valence electrons. The van der Waals surface area contributed by atoms with Crippen LogP contribution in [0.25, 0.3) is 0 Å². The minimum absolute atomic E-state index is 0.332. The van der Waals surface area contributed by atoms with Crippen molar-refractivity contribution in [3.8, 4) is 11.5 Å². The van der Waals surface area contributed by atoms with Gasteiger partial charge in [-0.05, 0) is 42.9 Å². The van der Waals surface area contributed by atoms with E-state index in [9.17, 15) is 0 Å². The zero-order chi connectivity index (χ0) is 12.8. The summed E-state index contributed by atoms with van der Waals surface area (Å²) in [6.07, 6.45) is 3.17. The van der Waals surface area contributed by atoms with Crippen LogP contribution in [0.2, 0.25) is 0 Å². The molecule has 5 heteroatoms. The maximum Gasteiger partial charge on any atom is 0.231 e. The largest absolute Gasteiger partial charge is 0.454 e. The molecule has 0 saturated heterocycles. The second kappa shape index (κ2) is 4.13. The van der Waals surface area contributed by atoms with Crippen molar-refractivity contribution in [1.82, 2.24) is 4.98 Å². The lowest BCUT2D eigenvalue weighted by molar-refractivity contribution is 0.174. The van der Waals surface area contributed by atoms with Crippen LogP contribution in [-0.2, 0) is 12.8 Å². The molecule has 1 atom stereocenters. The Morgan fingerprint density at radius 3 is 3.11 bits per heavy atom. The molecule has 2 aliphatic rings. The van der Waals surface area contributed by atoms with Crippen molar-refractivity contribution in [1.29, 1.82) is 0 Å². The molecular weight excluding hydrogens is 260 g/mol. The van der Waals surface area contributed by atoms with Gasteiger partial charge in [-0.1, -0.05) is 6.07 Å². The van der Waals surface area contributed by atoms with Crippen LogP contribution < -0.4 is 15.2 Å². The molecule has 0 radical (unpaired) electrons. The van der Waals surface area contributed by atoms with Crippen LogP contribution >= 0.6 is 11.3 Å². The summed E-state index contributed by atoms with van der Waals surface area (Å²) in [7, 11) is 0. The van der Waals surface area contributed by atoms with Crippen molar-refractivity contribution >= 4 is 16.5 Å². The molecule has 19 heavy (non-hydrogen) atoms. The highest BCUT2D eigenvalue weighted by molar-refractivity contribution is 7.15. The van der Waals surface area contributed by atoms with E-state index in [0.29, 0.717) is 17.8 Å². The van der Waals surface area contributed by atoms with E-state index >= 15 is 0 Å². The fourth-order valence-electron chi connectivity index (χ4n) is 2.85. The van der Waals surface area contributed by atoms with Crippen LogP contribution in [0.5, 0.6) is 11.5 Å². The van der Waals surface area contributed by atoms with E-state index in [2.05, 4.69) is 17.1 Å². The lowest BCUT2D eigenvalue weighted by Gasteiger charge is -2.21. The van der Waals surface area contributed by atoms with Crippen LogP contribution in [0.1, 0.15) is 28.5 Å². The third kappa shape index (κ3) is 1.85. The van der Waals surface area contributed by atoms with Gasteiger partial charge in [-0.25, -0.2) is 4.98 Å². The average Bonchev–Trinajstić information content (AvgIpc) is 3.01. The smallest absolute Gasteiger partial charge is 0.231 e. The van der Waals surface area contributed by atoms with Crippen molar-refractivity contribution in [2.24, 2.45) is 0 Å². The van der Waals surface area contributed by atoms with Crippen LogP contribution in [-0.4, -0.2) is 11.8 Å². The summed E-state index contributed by atoms with van der Waals surface area (Å²) in [5, 5.41) is 0.691. The van der Waals surface area contributed by atoms with Crippen molar-refractivity contribution in [2.45, 2.75) is 25.2 Å². The number of nitrogens with two attached hydrogens (primary N) is 1. The van der Waals surface area contributed by atoms with Gasteiger partial charge in [0.25, 0.3) is 0 Å². The molecule has 0 spiro atoms. The van der Waals surface area contributed by atoms with Crippen LogP contribution in [0.3, 0.4) is 0 Å². The SMILES string of the molecule is Nc1nc2c(s1)CC(c1ccc3c(c1)OCO3)CC2. The number of ether oxygens (including phenoxy) is 2. The molecule has 1 unspecified atom stereocenters. The molecule has 2 heterocycles. The summed E-state index contributed by atoms with van der Waals surface area (Å²) >= 11 is 1.62. The van der Waals surface area contributed by atoms with Crippen molar-refractivity contribution in [3.63, 3.8) is 0 Å². The molecule has 0 amide bonds. The Bertz CT molecular complexity index is 638. The highest BCUT2D eigenvalue weighted by Crippen LogP contribution is 2.40. The molecule has 4 rings (SSSR count). The second-order valence-electron chi connectivity index (χ2n) is 4.97. The number of aryl methyl sites for hydroxylation is 1. The molecule has 1 aromatic carbocycles. The Morgan fingerprint density at radius 1 is 1.26 bits per heavy atom. The van der Waals surface area contributed by atoms with Gasteiger partial charge in [-0.2, -0.15) is 0 Å². The molecule has 0 saturated carbocycles. The molecule has 2 N–H and O–H groups in total. The highest BCUT2D eigenvalue weighted by atomic mass is 32.1. The molecule has 4 nitrogen and oxygen atoms in total. The molecular formula is C14H14N2O2S. The van der Waals surface area contributed by atoms with Crippen molar-refractivity contribution in [2.75, 3.05) is 12.5 Å². The first-order valence-corrected chi connectivity index (χ1v) is 7.25. The summed E-state index contributed by atoms with van der Waals surface area (Å²) in [5.41, 5.74) is 8.30. The average molecular weight is 274 g/mol. The zero-order valence-electron chi connectivity index (χ0n) is 10.4. The fraction of sp³-hybridized carbons (Fsp3) is 0.357. The van der Waals surface area contributed by atoms with E-state index in [-0.39, 0.29) is 0 Å². The summed E-state index contributed by atoms with van der Waals surface area (Å²) in [5.74, 6) is 2.25.